The highest BCUT2D eigenvalue weighted by atomic mass is 79.9. The number of carbonyl (C=O) groups excluding carboxylic acids is 1. The molecule has 1 unspecified atom stereocenters. The normalized spacial score (nSPS) is 12.2. The van der Waals surface area contributed by atoms with E-state index >= 15 is 0 Å². The van der Waals surface area contributed by atoms with E-state index in [-0.39, 0.29) is 12.1 Å². The Balaban J connectivity index is 2.00. The largest absolute Gasteiger partial charge is 0.387 e. The van der Waals surface area contributed by atoms with Gasteiger partial charge in [-0.15, -0.1) is 0 Å². The first-order valence-corrected chi connectivity index (χ1v) is 7.25. The minimum absolute atomic E-state index is 0.0819. The predicted molar refractivity (Wildman–Crippen MR) is 75.7 cm³/mol. The van der Waals surface area contributed by atoms with Crippen LogP contribution in [0.1, 0.15) is 22.0 Å². The molecule has 0 spiro atoms. The minimum atomic E-state index is -0.762. The lowest BCUT2D eigenvalue weighted by Crippen LogP contribution is -2.28. The van der Waals surface area contributed by atoms with Gasteiger partial charge in [0, 0.05) is 11.0 Å². The first-order valence-electron chi connectivity index (χ1n) is 5.51. The van der Waals surface area contributed by atoms with Gasteiger partial charge in [0.15, 0.2) is 0 Å². The smallest absolute Gasteiger partial charge is 0.252 e. The van der Waals surface area contributed by atoms with Gasteiger partial charge in [0.1, 0.15) is 5.82 Å². The molecular formula is C13H11BrFNO2S. The number of carbonyl (C=O) groups is 1. The number of aliphatic hydroxyl groups is 1. The molecule has 0 fully saturated rings. The highest BCUT2D eigenvalue weighted by Gasteiger charge is 2.14. The number of rotatable bonds is 4. The number of nitrogens with one attached hydrogen (secondary N) is 1. The Hall–Kier alpha value is -1.24. The van der Waals surface area contributed by atoms with Crippen LogP contribution in [0.3, 0.4) is 0 Å². The maximum atomic E-state index is 13.1. The van der Waals surface area contributed by atoms with E-state index in [1.165, 1.54) is 23.5 Å². The molecular weight excluding hydrogens is 333 g/mol. The van der Waals surface area contributed by atoms with Gasteiger partial charge in [-0.2, -0.15) is 11.3 Å². The lowest BCUT2D eigenvalue weighted by atomic mass is 10.1. The number of amides is 1. The zero-order valence-corrected chi connectivity index (χ0v) is 12.2. The standard InChI is InChI=1S/C13H11BrFNO2S/c14-11-2-1-9(15)5-10(11)13(18)16-6-12(17)8-3-4-19-7-8/h1-5,7,12,17H,6H2,(H,16,18). The van der Waals surface area contributed by atoms with Gasteiger partial charge in [0.05, 0.1) is 11.7 Å². The van der Waals surface area contributed by atoms with Crippen LogP contribution < -0.4 is 5.32 Å². The molecule has 100 valence electrons. The van der Waals surface area contributed by atoms with Gasteiger partial charge in [-0.25, -0.2) is 4.39 Å². The molecule has 0 aliphatic rings. The van der Waals surface area contributed by atoms with Crippen molar-refractivity contribution in [2.75, 3.05) is 6.54 Å². The minimum Gasteiger partial charge on any atom is -0.387 e. The van der Waals surface area contributed by atoms with E-state index in [2.05, 4.69) is 21.2 Å². The average Bonchev–Trinajstić information content (AvgIpc) is 2.92. The van der Waals surface area contributed by atoms with Crippen LogP contribution in [0.25, 0.3) is 0 Å². The maximum absolute atomic E-state index is 13.1. The van der Waals surface area contributed by atoms with Gasteiger partial charge in [-0.05, 0) is 56.5 Å². The molecule has 19 heavy (non-hydrogen) atoms. The maximum Gasteiger partial charge on any atom is 0.252 e. The topological polar surface area (TPSA) is 49.3 Å². The van der Waals surface area contributed by atoms with Crippen LogP contribution in [0.5, 0.6) is 0 Å². The van der Waals surface area contributed by atoms with Crippen LogP contribution in [-0.4, -0.2) is 17.6 Å². The number of hydrogen-bond acceptors (Lipinski definition) is 3. The number of halogens is 2. The van der Waals surface area contributed by atoms with Crippen molar-refractivity contribution in [2.24, 2.45) is 0 Å². The zero-order valence-electron chi connectivity index (χ0n) is 9.77. The summed E-state index contributed by atoms with van der Waals surface area (Å²) in [5.74, 6) is -0.910. The Kier molecular flexibility index (Phi) is 4.68. The highest BCUT2D eigenvalue weighted by molar-refractivity contribution is 9.10. The Bertz CT molecular complexity index is 574. The van der Waals surface area contributed by atoms with Crippen molar-refractivity contribution in [1.82, 2.24) is 5.32 Å². The Morgan fingerprint density at radius 1 is 1.47 bits per heavy atom. The fourth-order valence-electron chi connectivity index (χ4n) is 1.54. The van der Waals surface area contributed by atoms with Crippen LogP contribution in [0.15, 0.2) is 39.5 Å². The average molecular weight is 344 g/mol. The molecule has 2 rings (SSSR count). The van der Waals surface area contributed by atoms with Crippen molar-refractivity contribution >= 4 is 33.2 Å². The molecule has 1 amide bonds. The summed E-state index contributed by atoms with van der Waals surface area (Å²) in [4.78, 5) is 11.9. The summed E-state index contributed by atoms with van der Waals surface area (Å²) in [6, 6.07) is 5.68. The highest BCUT2D eigenvalue weighted by Crippen LogP contribution is 2.19. The summed E-state index contributed by atoms with van der Waals surface area (Å²) in [6.07, 6.45) is -0.762. The van der Waals surface area contributed by atoms with Gasteiger partial charge >= 0.3 is 0 Å². The van der Waals surface area contributed by atoms with Crippen molar-refractivity contribution in [3.05, 3.63) is 56.4 Å². The molecule has 0 radical (unpaired) electrons. The summed E-state index contributed by atoms with van der Waals surface area (Å²) >= 11 is 4.66. The molecule has 0 saturated heterocycles. The van der Waals surface area contributed by atoms with E-state index in [4.69, 9.17) is 0 Å². The molecule has 3 nitrogen and oxygen atoms in total. The van der Waals surface area contributed by atoms with E-state index in [0.717, 1.165) is 11.6 Å². The van der Waals surface area contributed by atoms with E-state index in [1.807, 2.05) is 10.8 Å². The summed E-state index contributed by atoms with van der Waals surface area (Å²) < 4.78 is 13.6. The van der Waals surface area contributed by atoms with Crippen molar-refractivity contribution < 1.29 is 14.3 Å². The molecule has 1 aromatic heterocycles. The Morgan fingerprint density at radius 3 is 2.95 bits per heavy atom. The second-order valence-corrected chi connectivity index (χ2v) is 5.54. The lowest BCUT2D eigenvalue weighted by Gasteiger charge is -2.11. The molecule has 0 saturated carbocycles. The monoisotopic (exact) mass is 343 g/mol. The van der Waals surface area contributed by atoms with E-state index in [0.29, 0.717) is 4.47 Å². The summed E-state index contributed by atoms with van der Waals surface area (Å²) in [7, 11) is 0. The summed E-state index contributed by atoms with van der Waals surface area (Å²) in [5.41, 5.74) is 0.959. The Labute approximate surface area is 122 Å². The van der Waals surface area contributed by atoms with E-state index in [1.54, 1.807) is 6.07 Å². The van der Waals surface area contributed by atoms with Crippen molar-refractivity contribution in [3.63, 3.8) is 0 Å². The van der Waals surface area contributed by atoms with Crippen LogP contribution in [0.2, 0.25) is 0 Å². The van der Waals surface area contributed by atoms with E-state index < -0.39 is 17.8 Å². The molecule has 1 aromatic carbocycles. The fourth-order valence-corrected chi connectivity index (χ4v) is 2.67. The van der Waals surface area contributed by atoms with Crippen molar-refractivity contribution in [2.45, 2.75) is 6.10 Å². The SMILES string of the molecule is O=C(NCC(O)c1ccsc1)c1cc(F)ccc1Br. The number of thiophene rings is 1. The third-order valence-corrected chi connectivity index (χ3v) is 3.95. The first-order chi connectivity index (χ1) is 9.08. The molecule has 0 bridgehead atoms. The van der Waals surface area contributed by atoms with Gasteiger partial charge in [0.2, 0.25) is 0 Å². The van der Waals surface area contributed by atoms with Gasteiger partial charge in [0.25, 0.3) is 5.91 Å². The molecule has 0 aliphatic heterocycles. The first kappa shape index (κ1) is 14.2. The van der Waals surface area contributed by atoms with Crippen molar-refractivity contribution in [3.8, 4) is 0 Å². The zero-order chi connectivity index (χ0) is 13.8. The summed E-state index contributed by atoms with van der Waals surface area (Å²) in [5, 5.41) is 16.1. The molecule has 2 aromatic rings. The Morgan fingerprint density at radius 2 is 2.26 bits per heavy atom. The fraction of sp³-hybridized carbons (Fsp3) is 0.154. The quantitative estimate of drug-likeness (QED) is 0.895. The predicted octanol–water partition coefficient (Wildman–Crippen LogP) is 3.11. The molecule has 6 heteroatoms. The van der Waals surface area contributed by atoms with E-state index in [9.17, 15) is 14.3 Å². The third-order valence-electron chi connectivity index (χ3n) is 2.56. The molecule has 2 N–H and O–H groups in total. The van der Waals surface area contributed by atoms with Crippen LogP contribution in [0, 0.1) is 5.82 Å². The van der Waals surface area contributed by atoms with Crippen LogP contribution >= 0.6 is 27.3 Å². The second-order valence-electron chi connectivity index (χ2n) is 3.91. The number of benzene rings is 1. The van der Waals surface area contributed by atoms with Gasteiger partial charge in [-0.1, -0.05) is 0 Å². The van der Waals surface area contributed by atoms with Gasteiger partial charge < -0.3 is 10.4 Å². The van der Waals surface area contributed by atoms with Gasteiger partial charge in [-0.3, -0.25) is 4.79 Å². The third kappa shape index (κ3) is 3.62. The van der Waals surface area contributed by atoms with Crippen LogP contribution in [-0.2, 0) is 0 Å². The molecule has 1 heterocycles. The van der Waals surface area contributed by atoms with Crippen molar-refractivity contribution in [1.29, 1.82) is 0 Å². The molecule has 1 atom stereocenters. The number of aliphatic hydroxyl groups excluding tert-OH is 1. The summed E-state index contributed by atoms with van der Waals surface area (Å²) in [6.45, 7) is 0.0819. The molecule has 0 aliphatic carbocycles. The van der Waals surface area contributed by atoms with Crippen LogP contribution in [0.4, 0.5) is 4.39 Å². The second kappa shape index (κ2) is 6.27. The number of hydrogen-bond donors (Lipinski definition) is 2. The lowest BCUT2D eigenvalue weighted by molar-refractivity contribution is 0.0915.